The first-order valence-corrected chi connectivity index (χ1v) is 8.68. The summed E-state index contributed by atoms with van der Waals surface area (Å²) in [7, 11) is 0. The SMILES string of the molecule is C[C@](C#N)(NC(=O)COC(=O)CCSc1ccc(F)cc1)C1CC1. The number of nitrogens with one attached hydrogen (secondary N) is 1. The molecule has 7 heteroatoms. The average molecular weight is 350 g/mol. The van der Waals surface area contributed by atoms with E-state index in [2.05, 4.69) is 11.4 Å². The maximum Gasteiger partial charge on any atom is 0.307 e. The van der Waals surface area contributed by atoms with E-state index in [1.165, 1.54) is 23.9 Å². The number of nitriles is 1. The van der Waals surface area contributed by atoms with Gasteiger partial charge in [-0.15, -0.1) is 11.8 Å². The molecule has 1 aromatic rings. The number of thioether (sulfide) groups is 1. The molecule has 0 radical (unpaired) electrons. The molecular formula is C17H19FN2O3S. The lowest BCUT2D eigenvalue weighted by Crippen LogP contribution is -2.48. The zero-order valence-corrected chi connectivity index (χ0v) is 14.2. The van der Waals surface area contributed by atoms with E-state index in [1.807, 2.05) is 0 Å². The molecule has 0 aliphatic heterocycles. The van der Waals surface area contributed by atoms with E-state index in [9.17, 15) is 14.0 Å². The zero-order valence-electron chi connectivity index (χ0n) is 13.4. The summed E-state index contributed by atoms with van der Waals surface area (Å²) in [6, 6.07) is 8.11. The molecule has 0 aromatic heterocycles. The Morgan fingerprint density at radius 2 is 2.08 bits per heavy atom. The normalized spacial score (nSPS) is 15.9. The van der Waals surface area contributed by atoms with Crippen molar-refractivity contribution >= 4 is 23.6 Å². The van der Waals surface area contributed by atoms with Gasteiger partial charge in [0, 0.05) is 10.6 Å². The van der Waals surface area contributed by atoms with E-state index in [0.29, 0.717) is 5.75 Å². The monoisotopic (exact) mass is 350 g/mol. The maximum absolute atomic E-state index is 12.8. The Kier molecular flexibility index (Phi) is 6.21. The van der Waals surface area contributed by atoms with E-state index >= 15 is 0 Å². The van der Waals surface area contributed by atoms with Crippen LogP contribution in [0.1, 0.15) is 26.2 Å². The van der Waals surface area contributed by atoms with E-state index in [-0.39, 0.29) is 24.8 Å². The van der Waals surface area contributed by atoms with Crippen molar-refractivity contribution in [3.8, 4) is 6.07 Å². The van der Waals surface area contributed by atoms with Crippen molar-refractivity contribution in [2.75, 3.05) is 12.4 Å². The largest absolute Gasteiger partial charge is 0.456 e. The summed E-state index contributed by atoms with van der Waals surface area (Å²) in [5, 5.41) is 11.8. The molecule has 1 aliphatic carbocycles. The summed E-state index contributed by atoms with van der Waals surface area (Å²) in [4.78, 5) is 24.3. The van der Waals surface area contributed by atoms with Crippen LogP contribution in [0.15, 0.2) is 29.2 Å². The first-order chi connectivity index (χ1) is 11.4. The summed E-state index contributed by atoms with van der Waals surface area (Å²) >= 11 is 1.41. The Morgan fingerprint density at radius 3 is 2.67 bits per heavy atom. The van der Waals surface area contributed by atoms with Gasteiger partial charge in [0.15, 0.2) is 6.61 Å². The molecule has 0 spiro atoms. The molecule has 2 rings (SSSR count). The van der Waals surface area contributed by atoms with Crippen molar-refractivity contribution < 1.29 is 18.7 Å². The molecule has 24 heavy (non-hydrogen) atoms. The predicted octanol–water partition coefficient (Wildman–Crippen LogP) is 2.66. The Hall–Kier alpha value is -2.07. The molecular weight excluding hydrogens is 331 g/mol. The number of benzene rings is 1. The lowest BCUT2D eigenvalue weighted by atomic mass is 9.98. The van der Waals surface area contributed by atoms with Crippen LogP contribution in [0.25, 0.3) is 0 Å². The highest BCUT2D eigenvalue weighted by Crippen LogP contribution is 2.39. The van der Waals surface area contributed by atoms with Crippen molar-refractivity contribution in [1.82, 2.24) is 5.32 Å². The second kappa shape index (κ2) is 8.15. The van der Waals surface area contributed by atoms with E-state index in [4.69, 9.17) is 10.00 Å². The third-order valence-corrected chi connectivity index (χ3v) is 4.79. The zero-order chi connectivity index (χ0) is 17.6. The fourth-order valence-corrected chi connectivity index (χ4v) is 3.04. The molecule has 5 nitrogen and oxygen atoms in total. The highest BCUT2D eigenvalue weighted by Gasteiger charge is 2.43. The first kappa shape index (κ1) is 18.3. The maximum atomic E-state index is 12.8. The van der Waals surface area contributed by atoms with Crippen LogP contribution in [0.5, 0.6) is 0 Å². The lowest BCUT2D eigenvalue weighted by Gasteiger charge is -2.22. The fourth-order valence-electron chi connectivity index (χ4n) is 2.21. The van der Waals surface area contributed by atoms with Gasteiger partial charge in [0.05, 0.1) is 12.5 Å². The smallest absolute Gasteiger partial charge is 0.307 e. The summed E-state index contributed by atoms with van der Waals surface area (Å²) < 4.78 is 17.7. The first-order valence-electron chi connectivity index (χ1n) is 7.69. The molecule has 1 amide bonds. The number of hydrogen-bond acceptors (Lipinski definition) is 5. The minimum absolute atomic E-state index is 0.146. The standard InChI is InChI=1S/C17H19FN2O3S/c1-17(11-19,12-2-3-12)20-15(21)10-23-16(22)8-9-24-14-6-4-13(18)5-7-14/h4-7,12H,2-3,8-10H2,1H3,(H,20,21)/t17-/m1/s1. The molecule has 1 aromatic carbocycles. The summed E-state index contributed by atoms with van der Waals surface area (Å²) in [6.07, 6.45) is 1.99. The van der Waals surface area contributed by atoms with Gasteiger partial charge >= 0.3 is 5.97 Å². The van der Waals surface area contributed by atoms with Crippen LogP contribution in [0, 0.1) is 23.1 Å². The van der Waals surface area contributed by atoms with Crippen LogP contribution in [-0.2, 0) is 14.3 Å². The molecule has 1 saturated carbocycles. The van der Waals surface area contributed by atoms with Crippen LogP contribution < -0.4 is 5.32 Å². The van der Waals surface area contributed by atoms with Gasteiger partial charge in [0.1, 0.15) is 11.4 Å². The van der Waals surface area contributed by atoms with Gasteiger partial charge in [-0.2, -0.15) is 5.26 Å². The molecule has 128 valence electrons. The van der Waals surface area contributed by atoms with Crippen molar-refractivity contribution in [3.63, 3.8) is 0 Å². The lowest BCUT2D eigenvalue weighted by molar-refractivity contribution is -0.148. The Balaban J connectivity index is 1.64. The molecule has 0 bridgehead atoms. The van der Waals surface area contributed by atoms with E-state index in [0.717, 1.165) is 17.7 Å². The van der Waals surface area contributed by atoms with Gasteiger partial charge in [-0.1, -0.05) is 0 Å². The summed E-state index contributed by atoms with van der Waals surface area (Å²) in [5.74, 6) is -0.603. The van der Waals surface area contributed by atoms with E-state index < -0.39 is 17.4 Å². The highest BCUT2D eigenvalue weighted by molar-refractivity contribution is 7.99. The van der Waals surface area contributed by atoms with Gasteiger partial charge in [-0.05, 0) is 49.9 Å². The van der Waals surface area contributed by atoms with Crippen molar-refractivity contribution in [2.45, 2.75) is 36.6 Å². The Labute approximate surface area is 144 Å². The topological polar surface area (TPSA) is 79.2 Å². The van der Waals surface area contributed by atoms with Crippen LogP contribution in [0.4, 0.5) is 4.39 Å². The Morgan fingerprint density at radius 1 is 1.42 bits per heavy atom. The van der Waals surface area contributed by atoms with Crippen LogP contribution in [0.3, 0.4) is 0 Å². The van der Waals surface area contributed by atoms with Gasteiger partial charge in [0.2, 0.25) is 0 Å². The minimum atomic E-state index is -0.887. The summed E-state index contributed by atoms with van der Waals surface area (Å²) in [6.45, 7) is 1.30. The average Bonchev–Trinajstić information content (AvgIpc) is 3.40. The number of rotatable bonds is 8. The number of hydrogen-bond donors (Lipinski definition) is 1. The predicted molar refractivity (Wildman–Crippen MR) is 87.6 cm³/mol. The number of nitrogens with zero attached hydrogens (tertiary/aromatic N) is 1. The quantitative estimate of drug-likeness (QED) is 0.576. The summed E-state index contributed by atoms with van der Waals surface area (Å²) in [5.41, 5.74) is -0.887. The highest BCUT2D eigenvalue weighted by atomic mass is 32.2. The van der Waals surface area contributed by atoms with Crippen LogP contribution in [-0.4, -0.2) is 29.8 Å². The molecule has 0 saturated heterocycles. The fraction of sp³-hybridized carbons (Fsp3) is 0.471. The number of carbonyl (C=O) groups excluding carboxylic acids is 2. The van der Waals surface area contributed by atoms with Crippen molar-refractivity contribution in [3.05, 3.63) is 30.1 Å². The van der Waals surface area contributed by atoms with Crippen molar-refractivity contribution in [2.24, 2.45) is 5.92 Å². The second-order valence-electron chi connectivity index (χ2n) is 5.85. The molecule has 0 heterocycles. The number of amides is 1. The molecule has 1 fully saturated rings. The third kappa shape index (κ3) is 5.53. The Bertz CT molecular complexity index is 640. The molecule has 1 atom stereocenters. The van der Waals surface area contributed by atoms with Crippen molar-refractivity contribution in [1.29, 1.82) is 5.26 Å². The number of esters is 1. The van der Waals surface area contributed by atoms with Gasteiger partial charge in [0.25, 0.3) is 5.91 Å². The molecule has 0 unspecified atom stereocenters. The second-order valence-corrected chi connectivity index (χ2v) is 7.02. The number of carbonyl (C=O) groups is 2. The third-order valence-electron chi connectivity index (χ3n) is 3.78. The van der Waals surface area contributed by atoms with Gasteiger partial charge < -0.3 is 10.1 Å². The van der Waals surface area contributed by atoms with Gasteiger partial charge in [-0.25, -0.2) is 4.39 Å². The molecule has 1 N–H and O–H groups in total. The number of halogens is 1. The van der Waals surface area contributed by atoms with Crippen LogP contribution >= 0.6 is 11.8 Å². The minimum Gasteiger partial charge on any atom is -0.456 e. The van der Waals surface area contributed by atoms with Gasteiger partial charge in [-0.3, -0.25) is 9.59 Å². The van der Waals surface area contributed by atoms with E-state index in [1.54, 1.807) is 19.1 Å². The molecule has 1 aliphatic rings. The van der Waals surface area contributed by atoms with Crippen LogP contribution in [0.2, 0.25) is 0 Å². The number of ether oxygens (including phenoxy) is 1.